The number of nitrogens with zero attached hydrogens (tertiary/aromatic N) is 1. The van der Waals surface area contributed by atoms with Crippen LogP contribution in [-0.4, -0.2) is 18.1 Å². The molecule has 1 aromatic heterocycles. The minimum atomic E-state index is 0.484. The van der Waals surface area contributed by atoms with Gasteiger partial charge in [-0.2, -0.15) is 0 Å². The molecule has 1 N–H and O–H groups in total. The second-order valence-electron chi connectivity index (χ2n) is 4.94. The molecule has 2 aromatic rings. The number of thiazole rings is 1. The van der Waals surface area contributed by atoms with Crippen LogP contribution >= 0.6 is 22.9 Å². The molecule has 0 amide bonds. The van der Waals surface area contributed by atoms with Crippen LogP contribution in [0.3, 0.4) is 0 Å². The Kier molecular flexibility index (Phi) is 4.53. The van der Waals surface area contributed by atoms with E-state index < -0.39 is 0 Å². The molecule has 0 fully saturated rings. The van der Waals surface area contributed by atoms with E-state index in [4.69, 9.17) is 16.3 Å². The summed E-state index contributed by atoms with van der Waals surface area (Å²) in [5, 5.41) is 4.89. The predicted octanol–water partition coefficient (Wildman–Crippen LogP) is 4.72. The Morgan fingerprint density at radius 1 is 1.47 bits per heavy atom. The third kappa shape index (κ3) is 3.12. The van der Waals surface area contributed by atoms with Crippen LogP contribution in [0.25, 0.3) is 10.2 Å². The molecule has 0 aliphatic carbocycles. The van der Waals surface area contributed by atoms with Crippen LogP contribution in [0.4, 0.5) is 5.13 Å². The molecule has 0 saturated heterocycles. The zero-order chi connectivity index (χ0) is 14.0. The highest BCUT2D eigenvalue weighted by atomic mass is 35.5. The first-order valence-electron chi connectivity index (χ1n) is 6.49. The van der Waals surface area contributed by atoms with Crippen molar-refractivity contribution in [2.75, 3.05) is 18.5 Å². The van der Waals surface area contributed by atoms with Crippen LogP contribution in [-0.2, 0) is 0 Å². The fraction of sp³-hybridized carbons (Fsp3) is 0.500. The van der Waals surface area contributed by atoms with Crippen LogP contribution < -0.4 is 10.1 Å². The van der Waals surface area contributed by atoms with Crippen molar-refractivity contribution in [3.8, 4) is 5.75 Å². The van der Waals surface area contributed by atoms with Crippen molar-refractivity contribution in [2.24, 2.45) is 5.92 Å². The number of benzene rings is 1. The van der Waals surface area contributed by atoms with E-state index in [2.05, 4.69) is 31.1 Å². The van der Waals surface area contributed by atoms with Gasteiger partial charge in [-0.3, -0.25) is 0 Å². The van der Waals surface area contributed by atoms with Gasteiger partial charge in [-0.05, 0) is 31.4 Å². The minimum Gasteiger partial charge on any atom is -0.491 e. The Hall–Kier alpha value is -1.000. The fourth-order valence-electron chi connectivity index (χ4n) is 1.74. The highest BCUT2D eigenvalue weighted by molar-refractivity contribution is 7.22. The molecular formula is C14H19ClN2OS. The lowest BCUT2D eigenvalue weighted by atomic mass is 10.2. The normalized spacial score (nSPS) is 11.3. The van der Waals surface area contributed by atoms with E-state index in [-0.39, 0.29) is 0 Å². The molecule has 1 heterocycles. The van der Waals surface area contributed by atoms with Crippen molar-refractivity contribution in [3.05, 3.63) is 16.7 Å². The Labute approximate surface area is 122 Å². The molecule has 1 aromatic carbocycles. The molecule has 3 nitrogen and oxygen atoms in total. The number of fused-ring (bicyclic) bond motifs is 1. The van der Waals surface area contributed by atoms with Crippen molar-refractivity contribution >= 4 is 38.3 Å². The molecule has 5 heteroatoms. The molecule has 0 aliphatic heterocycles. The van der Waals surface area contributed by atoms with Gasteiger partial charge in [0.15, 0.2) is 5.13 Å². The van der Waals surface area contributed by atoms with Crippen LogP contribution in [0, 0.1) is 12.8 Å². The maximum Gasteiger partial charge on any atom is 0.183 e. The fourth-order valence-corrected chi connectivity index (χ4v) is 3.04. The first kappa shape index (κ1) is 14.4. The van der Waals surface area contributed by atoms with Crippen molar-refractivity contribution in [1.29, 1.82) is 0 Å². The minimum absolute atomic E-state index is 0.484. The first-order valence-corrected chi connectivity index (χ1v) is 7.68. The first-order chi connectivity index (χ1) is 9.02. The maximum atomic E-state index is 6.36. The number of aromatic nitrogens is 1. The van der Waals surface area contributed by atoms with Crippen molar-refractivity contribution in [3.63, 3.8) is 0 Å². The van der Waals surface area contributed by atoms with Crippen LogP contribution in [0.5, 0.6) is 5.75 Å². The average molecular weight is 299 g/mol. The lowest BCUT2D eigenvalue weighted by Gasteiger charge is -2.10. The molecule has 0 unspecified atom stereocenters. The van der Waals surface area contributed by atoms with Crippen LogP contribution in [0.15, 0.2) is 6.07 Å². The smallest absolute Gasteiger partial charge is 0.183 e. The predicted molar refractivity (Wildman–Crippen MR) is 83.9 cm³/mol. The second-order valence-corrected chi connectivity index (χ2v) is 6.31. The topological polar surface area (TPSA) is 34.2 Å². The maximum absolute atomic E-state index is 6.36. The van der Waals surface area contributed by atoms with Crippen molar-refractivity contribution < 1.29 is 4.74 Å². The van der Waals surface area contributed by atoms with Crippen LogP contribution in [0.1, 0.15) is 26.3 Å². The molecule has 0 saturated carbocycles. The molecule has 19 heavy (non-hydrogen) atoms. The Balaban J connectivity index is 2.47. The lowest BCUT2D eigenvalue weighted by molar-refractivity contribution is 0.273. The van der Waals surface area contributed by atoms with E-state index >= 15 is 0 Å². The van der Waals surface area contributed by atoms with E-state index in [1.807, 2.05) is 13.0 Å². The van der Waals surface area contributed by atoms with Gasteiger partial charge in [0.1, 0.15) is 11.3 Å². The SMILES string of the molecule is CCNc1nc2c(OCC(C)C)cc(C)c(Cl)c2s1. The second kappa shape index (κ2) is 5.97. The van der Waals surface area contributed by atoms with Gasteiger partial charge >= 0.3 is 0 Å². The van der Waals surface area contributed by atoms with Gasteiger partial charge in [0.05, 0.1) is 16.3 Å². The summed E-state index contributed by atoms with van der Waals surface area (Å²) >= 11 is 7.94. The molecule has 0 spiro atoms. The van der Waals surface area contributed by atoms with Crippen molar-refractivity contribution in [2.45, 2.75) is 27.7 Å². The molecule has 2 rings (SSSR count). The average Bonchev–Trinajstić information content (AvgIpc) is 2.76. The van der Waals surface area contributed by atoms with Gasteiger partial charge in [-0.1, -0.05) is 36.8 Å². The number of hydrogen-bond acceptors (Lipinski definition) is 4. The van der Waals surface area contributed by atoms with Crippen LogP contribution in [0.2, 0.25) is 5.02 Å². The number of anilines is 1. The van der Waals surface area contributed by atoms with E-state index in [1.54, 1.807) is 11.3 Å². The Morgan fingerprint density at radius 2 is 2.21 bits per heavy atom. The standard InChI is InChI=1S/C14H19ClN2OS/c1-5-16-14-17-12-10(18-7-8(2)3)6-9(4)11(15)13(12)19-14/h6,8H,5,7H2,1-4H3,(H,16,17). The number of nitrogens with one attached hydrogen (secondary N) is 1. The Morgan fingerprint density at radius 3 is 2.84 bits per heavy atom. The largest absolute Gasteiger partial charge is 0.491 e. The summed E-state index contributed by atoms with van der Waals surface area (Å²) in [5.74, 6) is 1.31. The summed E-state index contributed by atoms with van der Waals surface area (Å²) in [4.78, 5) is 4.58. The molecule has 0 atom stereocenters. The quantitative estimate of drug-likeness (QED) is 0.867. The van der Waals surface area contributed by atoms with E-state index in [9.17, 15) is 0 Å². The van der Waals surface area contributed by atoms with Gasteiger partial charge in [0.2, 0.25) is 0 Å². The zero-order valence-corrected chi connectivity index (χ0v) is 13.3. The summed E-state index contributed by atoms with van der Waals surface area (Å²) in [5.41, 5.74) is 1.89. The summed E-state index contributed by atoms with van der Waals surface area (Å²) < 4.78 is 6.86. The zero-order valence-electron chi connectivity index (χ0n) is 11.7. The molecule has 104 valence electrons. The number of hydrogen-bond donors (Lipinski definition) is 1. The molecule has 0 bridgehead atoms. The van der Waals surface area contributed by atoms with E-state index in [1.165, 1.54) is 0 Å². The number of rotatable bonds is 5. The van der Waals surface area contributed by atoms with Gasteiger partial charge in [-0.25, -0.2) is 4.98 Å². The van der Waals surface area contributed by atoms with Gasteiger partial charge in [-0.15, -0.1) is 0 Å². The monoisotopic (exact) mass is 298 g/mol. The number of aryl methyl sites for hydroxylation is 1. The third-order valence-electron chi connectivity index (χ3n) is 2.65. The molecule has 0 aliphatic rings. The molecular weight excluding hydrogens is 280 g/mol. The highest BCUT2D eigenvalue weighted by Crippen LogP contribution is 2.39. The van der Waals surface area contributed by atoms with Crippen molar-refractivity contribution in [1.82, 2.24) is 4.98 Å². The summed E-state index contributed by atoms with van der Waals surface area (Å²) in [7, 11) is 0. The Bertz CT molecular complexity index is 580. The summed E-state index contributed by atoms with van der Waals surface area (Å²) in [6.07, 6.45) is 0. The summed E-state index contributed by atoms with van der Waals surface area (Å²) in [6, 6.07) is 1.97. The molecule has 0 radical (unpaired) electrons. The third-order valence-corrected chi connectivity index (χ3v) is 4.28. The van der Waals surface area contributed by atoms with Gasteiger partial charge < -0.3 is 10.1 Å². The summed E-state index contributed by atoms with van der Waals surface area (Å²) in [6.45, 7) is 9.84. The number of ether oxygens (including phenoxy) is 1. The van der Waals surface area contributed by atoms with E-state index in [0.29, 0.717) is 12.5 Å². The highest BCUT2D eigenvalue weighted by Gasteiger charge is 2.15. The number of halogens is 1. The van der Waals surface area contributed by atoms with Gasteiger partial charge in [0, 0.05) is 6.54 Å². The van der Waals surface area contributed by atoms with E-state index in [0.717, 1.165) is 38.2 Å². The van der Waals surface area contributed by atoms with Gasteiger partial charge in [0.25, 0.3) is 0 Å². The lowest BCUT2D eigenvalue weighted by Crippen LogP contribution is -2.05.